The van der Waals surface area contributed by atoms with Crippen molar-refractivity contribution in [3.05, 3.63) is 59.9 Å². The summed E-state index contributed by atoms with van der Waals surface area (Å²) in [6.07, 6.45) is 1.69. The monoisotopic (exact) mass is 376 g/mol. The Morgan fingerprint density at radius 3 is 2.64 bits per heavy atom. The van der Waals surface area contributed by atoms with E-state index in [4.69, 9.17) is 9.47 Å². The minimum Gasteiger partial charge on any atom is -0.493 e. The molecule has 4 rings (SSSR count). The third-order valence-corrected chi connectivity index (χ3v) is 4.69. The molecule has 2 heterocycles. The molecule has 0 fully saturated rings. The van der Waals surface area contributed by atoms with E-state index in [2.05, 4.69) is 20.8 Å². The van der Waals surface area contributed by atoms with Gasteiger partial charge in [-0.05, 0) is 30.7 Å². The van der Waals surface area contributed by atoms with Gasteiger partial charge >= 0.3 is 0 Å². The quantitative estimate of drug-likeness (QED) is 0.590. The van der Waals surface area contributed by atoms with Crippen LogP contribution in [0.5, 0.6) is 11.5 Å². The molecule has 28 heavy (non-hydrogen) atoms. The summed E-state index contributed by atoms with van der Waals surface area (Å²) in [5, 5.41) is 13.4. The minimum atomic E-state index is -0.141. The van der Waals surface area contributed by atoms with E-state index in [-0.39, 0.29) is 5.91 Å². The van der Waals surface area contributed by atoms with Crippen molar-refractivity contribution >= 4 is 23.0 Å². The SMILES string of the molecule is COc1ccc(-c2c(C)n[nH]c2N/C=C2\C(=O)Nc3ccccc32)cc1OC. The topological polar surface area (TPSA) is 88.3 Å². The Morgan fingerprint density at radius 2 is 1.86 bits per heavy atom. The molecule has 1 aliphatic rings. The molecule has 1 aromatic heterocycles. The molecule has 3 N–H and O–H groups in total. The summed E-state index contributed by atoms with van der Waals surface area (Å²) in [6, 6.07) is 13.3. The average molecular weight is 376 g/mol. The summed E-state index contributed by atoms with van der Waals surface area (Å²) in [6.45, 7) is 1.92. The van der Waals surface area contributed by atoms with E-state index in [1.54, 1.807) is 20.4 Å². The Bertz CT molecular complexity index is 1090. The van der Waals surface area contributed by atoms with E-state index < -0.39 is 0 Å². The van der Waals surface area contributed by atoms with E-state index in [0.29, 0.717) is 22.9 Å². The largest absolute Gasteiger partial charge is 0.493 e. The first-order valence-corrected chi connectivity index (χ1v) is 8.77. The van der Waals surface area contributed by atoms with Crippen LogP contribution in [0.3, 0.4) is 0 Å². The second-order valence-electron chi connectivity index (χ2n) is 6.33. The number of hydrogen-bond donors (Lipinski definition) is 3. The zero-order valence-corrected chi connectivity index (χ0v) is 15.8. The summed E-state index contributed by atoms with van der Waals surface area (Å²) >= 11 is 0. The summed E-state index contributed by atoms with van der Waals surface area (Å²) in [5.74, 6) is 1.84. The Balaban J connectivity index is 1.70. The predicted molar refractivity (Wildman–Crippen MR) is 109 cm³/mol. The molecule has 7 heteroatoms. The van der Waals surface area contributed by atoms with Crippen LogP contribution in [0.15, 0.2) is 48.7 Å². The van der Waals surface area contributed by atoms with E-state index in [1.165, 1.54) is 0 Å². The number of carbonyl (C=O) groups is 1. The summed E-state index contributed by atoms with van der Waals surface area (Å²) in [4.78, 5) is 12.3. The molecule has 0 radical (unpaired) electrons. The van der Waals surface area contributed by atoms with Crippen molar-refractivity contribution in [2.24, 2.45) is 0 Å². The average Bonchev–Trinajstić information content (AvgIpc) is 3.24. The van der Waals surface area contributed by atoms with Crippen LogP contribution in [0.1, 0.15) is 11.3 Å². The van der Waals surface area contributed by atoms with Gasteiger partial charge in [-0.2, -0.15) is 5.10 Å². The van der Waals surface area contributed by atoms with Gasteiger partial charge in [-0.15, -0.1) is 0 Å². The normalized spacial score (nSPS) is 14.0. The molecular formula is C21H20N4O3. The second kappa shape index (κ2) is 7.11. The Hall–Kier alpha value is -3.74. The van der Waals surface area contributed by atoms with Gasteiger partial charge in [-0.1, -0.05) is 24.3 Å². The molecule has 0 aliphatic carbocycles. The number of hydrogen-bond acceptors (Lipinski definition) is 5. The first kappa shape index (κ1) is 17.7. The lowest BCUT2D eigenvalue weighted by molar-refractivity contribution is -0.110. The number of nitrogens with zero attached hydrogens (tertiary/aromatic N) is 1. The van der Waals surface area contributed by atoms with Gasteiger partial charge in [0.15, 0.2) is 11.5 Å². The molecule has 0 atom stereocenters. The number of para-hydroxylation sites is 1. The van der Waals surface area contributed by atoms with Gasteiger partial charge in [0.25, 0.3) is 5.91 Å². The highest BCUT2D eigenvalue weighted by molar-refractivity contribution is 6.31. The molecule has 2 aromatic carbocycles. The van der Waals surface area contributed by atoms with Crippen LogP contribution in [0, 0.1) is 6.92 Å². The molecule has 0 saturated heterocycles. The highest BCUT2D eigenvalue weighted by atomic mass is 16.5. The Kier molecular flexibility index (Phi) is 4.49. The fourth-order valence-electron chi connectivity index (χ4n) is 3.31. The van der Waals surface area contributed by atoms with Gasteiger partial charge in [0.1, 0.15) is 5.82 Å². The van der Waals surface area contributed by atoms with Crippen molar-refractivity contribution in [2.45, 2.75) is 6.92 Å². The van der Waals surface area contributed by atoms with Crippen molar-refractivity contribution in [2.75, 3.05) is 24.9 Å². The van der Waals surface area contributed by atoms with Crippen LogP contribution in [0.4, 0.5) is 11.5 Å². The molecule has 0 saturated carbocycles. The van der Waals surface area contributed by atoms with Crippen LogP contribution < -0.4 is 20.1 Å². The van der Waals surface area contributed by atoms with Crippen molar-refractivity contribution < 1.29 is 14.3 Å². The van der Waals surface area contributed by atoms with Gasteiger partial charge in [0.05, 0.1) is 25.5 Å². The van der Waals surface area contributed by atoms with Gasteiger partial charge in [-0.25, -0.2) is 0 Å². The second-order valence-corrected chi connectivity index (χ2v) is 6.33. The number of anilines is 2. The van der Waals surface area contributed by atoms with E-state index in [0.717, 1.165) is 28.1 Å². The maximum absolute atomic E-state index is 12.3. The number of aryl methyl sites for hydroxylation is 1. The Labute approximate surface area is 162 Å². The highest BCUT2D eigenvalue weighted by Crippen LogP contribution is 2.37. The third-order valence-electron chi connectivity index (χ3n) is 4.69. The number of aromatic amines is 1. The number of methoxy groups -OCH3 is 2. The lowest BCUT2D eigenvalue weighted by Gasteiger charge is -2.10. The van der Waals surface area contributed by atoms with Crippen LogP contribution in [0.2, 0.25) is 0 Å². The highest BCUT2D eigenvalue weighted by Gasteiger charge is 2.23. The van der Waals surface area contributed by atoms with Crippen LogP contribution in [-0.2, 0) is 4.79 Å². The zero-order chi connectivity index (χ0) is 19.7. The lowest BCUT2D eigenvalue weighted by Crippen LogP contribution is -2.05. The van der Waals surface area contributed by atoms with E-state index in [9.17, 15) is 4.79 Å². The first-order valence-electron chi connectivity index (χ1n) is 8.77. The number of nitrogens with one attached hydrogen (secondary N) is 3. The number of fused-ring (bicyclic) bond motifs is 1. The number of H-pyrrole nitrogens is 1. The van der Waals surface area contributed by atoms with E-state index >= 15 is 0 Å². The molecule has 0 unspecified atom stereocenters. The van der Waals surface area contributed by atoms with Crippen LogP contribution in [-0.4, -0.2) is 30.3 Å². The van der Waals surface area contributed by atoms with Crippen LogP contribution >= 0.6 is 0 Å². The molecule has 1 amide bonds. The minimum absolute atomic E-state index is 0.141. The molecule has 1 aliphatic heterocycles. The molecule has 0 bridgehead atoms. The lowest BCUT2D eigenvalue weighted by atomic mass is 10.0. The van der Waals surface area contributed by atoms with Gasteiger partial charge < -0.3 is 20.1 Å². The third kappa shape index (κ3) is 2.96. The zero-order valence-electron chi connectivity index (χ0n) is 15.8. The summed E-state index contributed by atoms with van der Waals surface area (Å²) in [5.41, 5.74) is 4.88. The molecular weight excluding hydrogens is 356 g/mol. The maximum atomic E-state index is 12.3. The smallest absolute Gasteiger partial charge is 0.257 e. The van der Waals surface area contributed by atoms with Crippen LogP contribution in [0.25, 0.3) is 16.7 Å². The number of carbonyl (C=O) groups excluding carboxylic acids is 1. The predicted octanol–water partition coefficient (Wildman–Crippen LogP) is 3.81. The summed E-state index contributed by atoms with van der Waals surface area (Å²) in [7, 11) is 3.20. The molecule has 142 valence electrons. The maximum Gasteiger partial charge on any atom is 0.257 e. The Morgan fingerprint density at radius 1 is 1.07 bits per heavy atom. The van der Waals surface area contributed by atoms with Gasteiger partial charge in [-0.3, -0.25) is 9.89 Å². The van der Waals surface area contributed by atoms with Crippen molar-refractivity contribution in [1.29, 1.82) is 0 Å². The first-order chi connectivity index (χ1) is 13.6. The number of amides is 1. The number of ether oxygens (including phenoxy) is 2. The van der Waals surface area contributed by atoms with Crippen molar-refractivity contribution in [3.8, 4) is 22.6 Å². The van der Waals surface area contributed by atoms with E-state index in [1.807, 2.05) is 49.4 Å². The van der Waals surface area contributed by atoms with Crippen molar-refractivity contribution in [3.63, 3.8) is 0 Å². The molecule has 7 nitrogen and oxygen atoms in total. The van der Waals surface area contributed by atoms with Gasteiger partial charge in [0.2, 0.25) is 0 Å². The molecule has 3 aromatic rings. The van der Waals surface area contributed by atoms with Crippen molar-refractivity contribution in [1.82, 2.24) is 10.2 Å². The number of benzene rings is 2. The fourth-order valence-corrected chi connectivity index (χ4v) is 3.31. The van der Waals surface area contributed by atoms with Gasteiger partial charge in [0, 0.05) is 23.0 Å². The number of rotatable bonds is 5. The fraction of sp³-hybridized carbons (Fsp3) is 0.143. The number of aromatic nitrogens is 2. The summed E-state index contributed by atoms with van der Waals surface area (Å²) < 4.78 is 10.7. The standard InChI is InChI=1S/C21H20N4O3/c1-12-19(13-8-9-17(27-2)18(10-13)28-3)20(25-24-12)22-11-15-14-6-4-5-7-16(14)23-21(15)26/h4-11H,1-3H3,(H,23,26)(H2,22,24,25)/b15-11-. The molecule has 0 spiro atoms.